The fourth-order valence-corrected chi connectivity index (χ4v) is 2.34. The summed E-state index contributed by atoms with van der Waals surface area (Å²) in [5, 5.41) is 0. The number of methoxy groups -OCH3 is 1. The largest absolute Gasteiger partial charge is 0.397 e. The molecule has 28 heavy (non-hydrogen) atoms. The number of para-hydroxylation sites is 1. The lowest BCUT2D eigenvalue weighted by molar-refractivity contribution is 0.185. The second kappa shape index (κ2) is 10.5. The lowest BCUT2D eigenvalue weighted by atomic mass is 10.1. The maximum absolute atomic E-state index is 11.0. The van der Waals surface area contributed by atoms with Gasteiger partial charge in [-0.1, -0.05) is 54.6 Å². The number of nitrogens with one attached hydrogen (secondary N) is 1. The van der Waals surface area contributed by atoms with E-state index >= 15 is 0 Å². The van der Waals surface area contributed by atoms with Crippen LogP contribution in [-0.2, 0) is 11.3 Å². The molecule has 0 aliphatic heterocycles. The van der Waals surface area contributed by atoms with Gasteiger partial charge in [-0.05, 0) is 17.2 Å². The van der Waals surface area contributed by atoms with Gasteiger partial charge in [0.25, 0.3) is 5.56 Å². The fourth-order valence-electron chi connectivity index (χ4n) is 2.34. The van der Waals surface area contributed by atoms with Gasteiger partial charge in [0.1, 0.15) is 0 Å². The Bertz CT molecular complexity index is 995. The van der Waals surface area contributed by atoms with Gasteiger partial charge in [0.2, 0.25) is 0 Å². The molecule has 0 saturated carbocycles. The first-order valence-corrected chi connectivity index (χ1v) is 8.67. The summed E-state index contributed by atoms with van der Waals surface area (Å²) in [5.41, 5.74) is 14.2. The van der Waals surface area contributed by atoms with Crippen LogP contribution in [-0.4, -0.2) is 23.3 Å². The SMILES string of the molecule is COCCn1c(=O)cc[nH]c1=O.Nc1cccc(C=Cc2ccccc2)c1N. The molecule has 2 aromatic carbocycles. The Morgan fingerprint density at radius 3 is 2.43 bits per heavy atom. The summed E-state index contributed by atoms with van der Waals surface area (Å²) in [6.45, 7) is 0.637. The van der Waals surface area contributed by atoms with Crippen molar-refractivity contribution in [1.82, 2.24) is 9.55 Å². The monoisotopic (exact) mass is 380 g/mol. The summed E-state index contributed by atoms with van der Waals surface area (Å²) < 4.78 is 5.83. The van der Waals surface area contributed by atoms with E-state index in [9.17, 15) is 9.59 Å². The van der Waals surface area contributed by atoms with Gasteiger partial charge in [-0.15, -0.1) is 0 Å². The summed E-state index contributed by atoms with van der Waals surface area (Å²) in [4.78, 5) is 24.4. The number of nitrogen functional groups attached to an aromatic ring is 2. The molecule has 3 aromatic rings. The Hall–Kier alpha value is -3.58. The number of ether oxygens (including phenoxy) is 1. The van der Waals surface area contributed by atoms with E-state index in [0.29, 0.717) is 18.0 Å². The smallest absolute Gasteiger partial charge is 0.328 e. The molecular formula is C21H24N4O3. The molecular weight excluding hydrogens is 356 g/mol. The second-order valence-corrected chi connectivity index (χ2v) is 5.86. The van der Waals surface area contributed by atoms with Crippen LogP contribution in [0.25, 0.3) is 12.2 Å². The minimum absolute atomic E-state index is 0.283. The van der Waals surface area contributed by atoms with E-state index in [1.807, 2.05) is 54.6 Å². The highest BCUT2D eigenvalue weighted by Crippen LogP contribution is 2.21. The van der Waals surface area contributed by atoms with Crippen molar-refractivity contribution in [3.8, 4) is 0 Å². The molecule has 1 aromatic heterocycles. The Morgan fingerprint density at radius 2 is 1.75 bits per heavy atom. The van der Waals surface area contributed by atoms with Gasteiger partial charge in [-0.3, -0.25) is 9.36 Å². The number of benzene rings is 2. The molecule has 1 heterocycles. The van der Waals surface area contributed by atoms with Crippen molar-refractivity contribution in [3.63, 3.8) is 0 Å². The van der Waals surface area contributed by atoms with Gasteiger partial charge in [-0.2, -0.15) is 0 Å². The Morgan fingerprint density at radius 1 is 1.00 bits per heavy atom. The van der Waals surface area contributed by atoms with Gasteiger partial charge in [-0.25, -0.2) is 4.79 Å². The van der Waals surface area contributed by atoms with E-state index in [4.69, 9.17) is 16.2 Å². The van der Waals surface area contributed by atoms with Crippen LogP contribution in [0.4, 0.5) is 11.4 Å². The molecule has 7 heteroatoms. The van der Waals surface area contributed by atoms with Crippen LogP contribution < -0.4 is 22.7 Å². The van der Waals surface area contributed by atoms with Crippen molar-refractivity contribution in [2.24, 2.45) is 0 Å². The molecule has 0 bridgehead atoms. The lowest BCUT2D eigenvalue weighted by Gasteiger charge is -2.03. The minimum atomic E-state index is -0.403. The zero-order chi connectivity index (χ0) is 20.4. The summed E-state index contributed by atoms with van der Waals surface area (Å²) >= 11 is 0. The lowest BCUT2D eigenvalue weighted by Crippen LogP contribution is -2.35. The van der Waals surface area contributed by atoms with Crippen LogP contribution in [0.1, 0.15) is 11.1 Å². The molecule has 146 valence electrons. The molecule has 0 spiro atoms. The van der Waals surface area contributed by atoms with E-state index in [2.05, 4.69) is 4.98 Å². The molecule has 0 radical (unpaired) electrons. The maximum atomic E-state index is 11.0. The van der Waals surface area contributed by atoms with Gasteiger partial charge >= 0.3 is 5.69 Å². The highest BCUT2D eigenvalue weighted by atomic mass is 16.5. The quantitative estimate of drug-likeness (QED) is 0.463. The van der Waals surface area contributed by atoms with Crippen LogP contribution in [0.5, 0.6) is 0 Å². The van der Waals surface area contributed by atoms with Crippen LogP contribution in [0.15, 0.2) is 70.4 Å². The number of aromatic amines is 1. The van der Waals surface area contributed by atoms with E-state index in [1.165, 1.54) is 19.4 Å². The minimum Gasteiger partial charge on any atom is -0.397 e. The number of H-pyrrole nitrogens is 1. The molecule has 5 N–H and O–H groups in total. The average Bonchev–Trinajstić information content (AvgIpc) is 2.70. The predicted octanol–water partition coefficient (Wildman–Crippen LogP) is 2.20. The van der Waals surface area contributed by atoms with E-state index in [0.717, 1.165) is 15.7 Å². The highest BCUT2D eigenvalue weighted by molar-refractivity contribution is 5.81. The third-order valence-corrected chi connectivity index (χ3v) is 3.89. The van der Waals surface area contributed by atoms with Gasteiger partial charge in [0.15, 0.2) is 0 Å². The first-order chi connectivity index (χ1) is 13.5. The number of aromatic nitrogens is 2. The molecule has 0 atom stereocenters. The predicted molar refractivity (Wildman–Crippen MR) is 114 cm³/mol. The van der Waals surface area contributed by atoms with Crippen molar-refractivity contribution in [2.45, 2.75) is 6.54 Å². The van der Waals surface area contributed by atoms with Crippen molar-refractivity contribution in [1.29, 1.82) is 0 Å². The molecule has 0 saturated heterocycles. The standard InChI is InChI=1S/C14H14N2.C7H10N2O3/c15-13-8-4-7-12(14(13)16)10-9-11-5-2-1-3-6-11;1-12-5-4-9-6(10)2-3-8-7(9)11/h1-10H,15-16H2;2-3H,4-5H2,1H3,(H,8,11). The van der Waals surface area contributed by atoms with Crippen molar-refractivity contribution in [2.75, 3.05) is 25.2 Å². The fraction of sp³-hybridized carbons (Fsp3) is 0.143. The van der Waals surface area contributed by atoms with E-state index < -0.39 is 5.69 Å². The molecule has 0 aliphatic rings. The van der Waals surface area contributed by atoms with Crippen molar-refractivity contribution >= 4 is 23.5 Å². The van der Waals surface area contributed by atoms with E-state index in [1.54, 1.807) is 6.07 Å². The first-order valence-electron chi connectivity index (χ1n) is 8.67. The summed E-state index contributed by atoms with van der Waals surface area (Å²) in [7, 11) is 1.52. The van der Waals surface area contributed by atoms with Crippen molar-refractivity contribution < 1.29 is 4.74 Å². The topological polar surface area (TPSA) is 116 Å². The Kier molecular flexibility index (Phi) is 7.80. The number of rotatable bonds is 5. The van der Waals surface area contributed by atoms with Crippen LogP contribution in [0.2, 0.25) is 0 Å². The highest BCUT2D eigenvalue weighted by Gasteiger charge is 1.98. The number of nitrogens with zero attached hydrogens (tertiary/aromatic N) is 1. The third-order valence-electron chi connectivity index (χ3n) is 3.89. The van der Waals surface area contributed by atoms with Crippen LogP contribution >= 0.6 is 0 Å². The number of hydrogen-bond acceptors (Lipinski definition) is 5. The zero-order valence-electron chi connectivity index (χ0n) is 15.7. The van der Waals surface area contributed by atoms with Gasteiger partial charge < -0.3 is 21.2 Å². The van der Waals surface area contributed by atoms with Gasteiger partial charge in [0.05, 0.1) is 24.5 Å². The summed E-state index contributed by atoms with van der Waals surface area (Å²) in [6.07, 6.45) is 5.32. The first kappa shape index (κ1) is 20.7. The molecule has 0 aliphatic carbocycles. The average molecular weight is 380 g/mol. The van der Waals surface area contributed by atoms with Gasteiger partial charge in [0, 0.05) is 19.4 Å². The number of nitrogens with two attached hydrogens (primary N) is 2. The van der Waals surface area contributed by atoms with Crippen molar-refractivity contribution in [3.05, 3.63) is 92.8 Å². The Labute approximate surface area is 162 Å². The summed E-state index contributed by atoms with van der Waals surface area (Å²) in [6, 6.07) is 17.0. The maximum Gasteiger partial charge on any atom is 0.328 e. The normalized spacial score (nSPS) is 10.5. The van der Waals surface area contributed by atoms with Crippen LogP contribution in [0.3, 0.4) is 0 Å². The number of hydrogen-bond donors (Lipinski definition) is 3. The molecule has 3 rings (SSSR count). The Balaban J connectivity index is 0.000000209. The number of anilines is 2. The molecule has 0 unspecified atom stereocenters. The molecule has 7 nitrogen and oxygen atoms in total. The molecule has 0 amide bonds. The second-order valence-electron chi connectivity index (χ2n) is 5.86. The third kappa shape index (κ3) is 6.00. The van der Waals surface area contributed by atoms with Crippen LogP contribution in [0, 0.1) is 0 Å². The molecule has 0 fully saturated rings. The summed E-state index contributed by atoms with van der Waals surface area (Å²) in [5.74, 6) is 0. The zero-order valence-corrected chi connectivity index (χ0v) is 15.7. The van der Waals surface area contributed by atoms with E-state index in [-0.39, 0.29) is 12.1 Å².